The number of rotatable bonds is 3. The molecule has 114 valence electrons. The van der Waals surface area contributed by atoms with Gasteiger partial charge in [-0.2, -0.15) is 0 Å². The fourth-order valence-corrected chi connectivity index (χ4v) is 3.39. The number of nitrogens with one attached hydrogen (secondary N) is 1. The van der Waals surface area contributed by atoms with Crippen LogP contribution in [0.3, 0.4) is 0 Å². The maximum absolute atomic E-state index is 13.3. The van der Waals surface area contributed by atoms with Gasteiger partial charge in [-0.1, -0.05) is 25.4 Å². The molecule has 1 aliphatic heterocycles. The number of halogens is 3. The monoisotopic (exact) mass is 376 g/mol. The first kappa shape index (κ1) is 16.2. The van der Waals surface area contributed by atoms with Crippen molar-refractivity contribution in [2.24, 2.45) is 5.92 Å². The first-order chi connectivity index (χ1) is 9.79. The Morgan fingerprint density at radius 3 is 2.71 bits per heavy atom. The maximum atomic E-state index is 13.3. The van der Waals surface area contributed by atoms with Gasteiger partial charge in [0.05, 0.1) is 10.7 Å². The van der Waals surface area contributed by atoms with Crippen molar-refractivity contribution in [1.29, 1.82) is 0 Å². The number of piperazine rings is 1. The van der Waals surface area contributed by atoms with Crippen molar-refractivity contribution in [2.45, 2.75) is 26.3 Å². The number of hydrogen-bond acceptors (Lipinski definition) is 2. The zero-order valence-corrected chi connectivity index (χ0v) is 14.0. The molecule has 1 aromatic rings. The van der Waals surface area contributed by atoms with Gasteiger partial charge in [0, 0.05) is 4.47 Å². The molecule has 0 aromatic heterocycles. The Bertz CT molecular complexity index is 571. The fourth-order valence-electron chi connectivity index (χ4n) is 2.32. The van der Waals surface area contributed by atoms with Crippen molar-refractivity contribution >= 4 is 45.0 Å². The second kappa shape index (κ2) is 6.32. The largest absolute Gasteiger partial charge is 0.343 e. The minimum atomic E-state index is -0.584. The lowest BCUT2D eigenvalue weighted by Crippen LogP contribution is -2.58. The first-order valence-electron chi connectivity index (χ1n) is 6.55. The number of anilines is 1. The number of benzene rings is 1. The molecule has 1 aliphatic rings. The molecule has 7 heteroatoms. The summed E-state index contributed by atoms with van der Waals surface area (Å²) < 4.78 is 13.6. The van der Waals surface area contributed by atoms with Crippen molar-refractivity contribution in [3.63, 3.8) is 0 Å². The van der Waals surface area contributed by atoms with Crippen LogP contribution >= 0.6 is 27.5 Å². The van der Waals surface area contributed by atoms with E-state index in [2.05, 4.69) is 21.2 Å². The van der Waals surface area contributed by atoms with Gasteiger partial charge in [0.1, 0.15) is 18.4 Å². The molecule has 0 aliphatic carbocycles. The van der Waals surface area contributed by atoms with Gasteiger partial charge in [-0.25, -0.2) is 4.39 Å². The van der Waals surface area contributed by atoms with Crippen molar-refractivity contribution < 1.29 is 14.0 Å². The summed E-state index contributed by atoms with van der Waals surface area (Å²) in [6, 6.07) is 1.76. The Labute approximate surface area is 135 Å². The average Bonchev–Trinajstić information content (AvgIpc) is 2.32. The maximum Gasteiger partial charge on any atom is 0.250 e. The zero-order valence-electron chi connectivity index (χ0n) is 11.6. The van der Waals surface area contributed by atoms with Crippen LogP contribution in [0.25, 0.3) is 0 Å². The van der Waals surface area contributed by atoms with E-state index in [1.807, 2.05) is 13.8 Å². The summed E-state index contributed by atoms with van der Waals surface area (Å²) in [4.78, 5) is 25.7. The van der Waals surface area contributed by atoms with Crippen molar-refractivity contribution in [1.82, 2.24) is 5.32 Å². The van der Waals surface area contributed by atoms with E-state index < -0.39 is 11.9 Å². The molecule has 0 saturated carbocycles. The van der Waals surface area contributed by atoms with Gasteiger partial charge in [0.25, 0.3) is 0 Å². The molecule has 0 radical (unpaired) electrons. The van der Waals surface area contributed by atoms with Crippen LogP contribution in [0.2, 0.25) is 5.02 Å². The predicted octanol–water partition coefficient (Wildman–Crippen LogP) is 3.12. The van der Waals surface area contributed by atoms with E-state index in [0.717, 1.165) is 6.07 Å². The van der Waals surface area contributed by atoms with Gasteiger partial charge in [-0.3, -0.25) is 14.5 Å². The van der Waals surface area contributed by atoms with Crippen LogP contribution in [0, 0.1) is 11.7 Å². The van der Waals surface area contributed by atoms with Crippen molar-refractivity contribution in [3.8, 4) is 0 Å². The summed E-state index contributed by atoms with van der Waals surface area (Å²) in [5.41, 5.74) is 0.326. The van der Waals surface area contributed by atoms with E-state index in [0.29, 0.717) is 16.6 Å². The lowest BCUT2D eigenvalue weighted by Gasteiger charge is -2.34. The smallest absolute Gasteiger partial charge is 0.250 e. The third-order valence-corrected chi connectivity index (χ3v) is 4.05. The highest BCUT2D eigenvalue weighted by atomic mass is 79.9. The lowest BCUT2D eigenvalue weighted by atomic mass is 10.0. The number of carbonyl (C=O) groups excluding carboxylic acids is 2. The molecule has 2 rings (SSSR count). The molecule has 4 nitrogen and oxygen atoms in total. The molecule has 1 aromatic carbocycles. The zero-order chi connectivity index (χ0) is 15.7. The van der Waals surface area contributed by atoms with Crippen LogP contribution in [0.15, 0.2) is 16.6 Å². The van der Waals surface area contributed by atoms with E-state index in [1.165, 1.54) is 11.0 Å². The van der Waals surface area contributed by atoms with Crippen LogP contribution in [-0.2, 0) is 9.59 Å². The van der Waals surface area contributed by atoms with Crippen LogP contribution in [0.4, 0.5) is 10.1 Å². The quantitative estimate of drug-likeness (QED) is 0.880. The normalized spacial score (nSPS) is 19.1. The van der Waals surface area contributed by atoms with E-state index in [9.17, 15) is 14.0 Å². The van der Waals surface area contributed by atoms with Crippen LogP contribution in [-0.4, -0.2) is 24.4 Å². The Balaban J connectivity index is 2.38. The van der Waals surface area contributed by atoms with Crippen molar-refractivity contribution in [3.05, 3.63) is 27.4 Å². The van der Waals surface area contributed by atoms with Gasteiger partial charge < -0.3 is 5.32 Å². The molecular formula is C14H15BrClFN2O2. The SMILES string of the molecule is CC(C)CC1NC(=O)CN(c2c(Cl)cc(F)cc2Br)C1=O. The van der Waals surface area contributed by atoms with E-state index in [1.54, 1.807) is 0 Å². The fraction of sp³-hybridized carbons (Fsp3) is 0.429. The van der Waals surface area contributed by atoms with Gasteiger partial charge in [0.2, 0.25) is 11.8 Å². The minimum Gasteiger partial charge on any atom is -0.343 e. The van der Waals surface area contributed by atoms with Gasteiger partial charge in [0.15, 0.2) is 0 Å². The predicted molar refractivity (Wildman–Crippen MR) is 82.8 cm³/mol. The molecule has 1 heterocycles. The minimum absolute atomic E-state index is 0.0909. The first-order valence-corrected chi connectivity index (χ1v) is 7.72. The molecular weight excluding hydrogens is 363 g/mol. The second-order valence-corrected chi connectivity index (χ2v) is 6.65. The second-order valence-electron chi connectivity index (χ2n) is 5.39. The third kappa shape index (κ3) is 3.55. The molecule has 1 unspecified atom stereocenters. The molecule has 1 saturated heterocycles. The Morgan fingerprint density at radius 2 is 2.14 bits per heavy atom. The number of nitrogens with zero attached hydrogens (tertiary/aromatic N) is 1. The Hall–Kier alpha value is -1.14. The van der Waals surface area contributed by atoms with E-state index >= 15 is 0 Å². The molecule has 1 fully saturated rings. The highest BCUT2D eigenvalue weighted by Gasteiger charge is 2.35. The number of amides is 2. The summed E-state index contributed by atoms with van der Waals surface area (Å²) in [7, 11) is 0. The summed E-state index contributed by atoms with van der Waals surface area (Å²) in [6.07, 6.45) is 0.539. The van der Waals surface area contributed by atoms with Crippen molar-refractivity contribution in [2.75, 3.05) is 11.4 Å². The summed E-state index contributed by atoms with van der Waals surface area (Å²) in [5.74, 6) is -0.750. The molecule has 1 atom stereocenters. The van der Waals surface area contributed by atoms with Crippen LogP contribution < -0.4 is 10.2 Å². The van der Waals surface area contributed by atoms with E-state index in [-0.39, 0.29) is 29.3 Å². The van der Waals surface area contributed by atoms with Gasteiger partial charge in [-0.05, 0) is 40.4 Å². The molecule has 0 spiro atoms. The standard InChI is InChI=1S/C14H15BrClFN2O2/c1-7(2)3-11-14(21)19(6-12(20)18-11)13-9(15)4-8(17)5-10(13)16/h4-5,7,11H,3,6H2,1-2H3,(H,18,20). The summed E-state index contributed by atoms with van der Waals surface area (Å²) in [6.45, 7) is 3.82. The Morgan fingerprint density at radius 1 is 1.48 bits per heavy atom. The van der Waals surface area contributed by atoms with E-state index in [4.69, 9.17) is 11.6 Å². The molecule has 0 bridgehead atoms. The number of carbonyl (C=O) groups is 2. The summed E-state index contributed by atoms with van der Waals surface area (Å²) in [5, 5.41) is 2.78. The topological polar surface area (TPSA) is 49.4 Å². The van der Waals surface area contributed by atoms with Crippen LogP contribution in [0.1, 0.15) is 20.3 Å². The highest BCUT2D eigenvalue weighted by molar-refractivity contribution is 9.10. The molecule has 2 amide bonds. The molecule has 1 N–H and O–H groups in total. The number of hydrogen-bond donors (Lipinski definition) is 1. The molecule has 21 heavy (non-hydrogen) atoms. The van der Waals surface area contributed by atoms with Crippen LogP contribution in [0.5, 0.6) is 0 Å². The third-order valence-electron chi connectivity index (χ3n) is 3.16. The summed E-state index contributed by atoms with van der Waals surface area (Å²) >= 11 is 9.24. The van der Waals surface area contributed by atoms with Gasteiger partial charge >= 0.3 is 0 Å². The van der Waals surface area contributed by atoms with Gasteiger partial charge in [-0.15, -0.1) is 0 Å². The highest BCUT2D eigenvalue weighted by Crippen LogP contribution is 2.36. The lowest BCUT2D eigenvalue weighted by molar-refractivity contribution is -0.131. The Kier molecular flexibility index (Phi) is 4.88. The average molecular weight is 378 g/mol.